The highest BCUT2D eigenvalue weighted by molar-refractivity contribution is 5.46. The Labute approximate surface area is 113 Å². The second-order valence-electron chi connectivity index (χ2n) is 4.74. The Kier molecular flexibility index (Phi) is 4.64. The van der Waals surface area contributed by atoms with Crippen molar-refractivity contribution in [3.05, 3.63) is 23.8 Å². The Balaban J connectivity index is 2.08. The summed E-state index contributed by atoms with van der Waals surface area (Å²) in [6.07, 6.45) is 4.58. The van der Waals surface area contributed by atoms with Gasteiger partial charge in [0.15, 0.2) is 11.5 Å². The second kappa shape index (κ2) is 6.44. The predicted octanol–water partition coefficient (Wildman–Crippen LogP) is 2.90. The molecule has 2 unspecified atom stereocenters. The average Bonchev–Trinajstić information content (AvgIpc) is 2.48. The number of rotatable bonds is 4. The molecule has 1 saturated carbocycles. The number of hydrogen-bond donors (Lipinski definition) is 0. The van der Waals surface area contributed by atoms with Gasteiger partial charge in [0.1, 0.15) is 6.10 Å². The lowest BCUT2D eigenvalue weighted by atomic mass is 9.95. The topological polar surface area (TPSA) is 51.5 Å². The summed E-state index contributed by atoms with van der Waals surface area (Å²) in [7, 11) is 3.33. The van der Waals surface area contributed by atoms with Crippen molar-refractivity contribution in [1.29, 1.82) is 5.26 Å². The van der Waals surface area contributed by atoms with Crippen LogP contribution in [0, 0.1) is 11.3 Å². The van der Waals surface area contributed by atoms with Crippen LogP contribution in [-0.2, 0) is 4.74 Å². The Morgan fingerprint density at radius 3 is 2.63 bits per heavy atom. The van der Waals surface area contributed by atoms with Gasteiger partial charge >= 0.3 is 0 Å². The Morgan fingerprint density at radius 1 is 1.16 bits per heavy atom. The summed E-state index contributed by atoms with van der Waals surface area (Å²) in [6, 6.07) is 7.34. The van der Waals surface area contributed by atoms with Gasteiger partial charge in [-0.3, -0.25) is 0 Å². The van der Waals surface area contributed by atoms with E-state index in [0.717, 1.165) is 25.7 Å². The zero-order chi connectivity index (χ0) is 13.7. The lowest BCUT2D eigenvalue weighted by Crippen LogP contribution is -2.29. The summed E-state index contributed by atoms with van der Waals surface area (Å²) >= 11 is 0. The Hall–Kier alpha value is -1.73. The molecule has 0 bridgehead atoms. The molecule has 2 rings (SSSR count). The van der Waals surface area contributed by atoms with Gasteiger partial charge < -0.3 is 14.2 Å². The molecule has 1 fully saturated rings. The van der Waals surface area contributed by atoms with Crippen LogP contribution in [0.5, 0.6) is 11.5 Å². The number of ether oxygens (including phenoxy) is 3. The van der Waals surface area contributed by atoms with E-state index >= 15 is 0 Å². The van der Waals surface area contributed by atoms with Crippen LogP contribution in [0.3, 0.4) is 0 Å². The van der Waals surface area contributed by atoms with Crippen molar-refractivity contribution in [2.75, 3.05) is 14.2 Å². The minimum atomic E-state index is 0.153. The van der Waals surface area contributed by atoms with Gasteiger partial charge in [-0.05, 0) is 31.4 Å². The van der Waals surface area contributed by atoms with Crippen LogP contribution < -0.4 is 9.47 Å². The first-order valence-corrected chi connectivity index (χ1v) is 6.54. The zero-order valence-electron chi connectivity index (χ0n) is 11.4. The summed E-state index contributed by atoms with van der Waals surface area (Å²) in [4.78, 5) is 0. The molecule has 0 radical (unpaired) electrons. The van der Waals surface area contributed by atoms with Gasteiger partial charge in [-0.1, -0.05) is 0 Å². The lowest BCUT2D eigenvalue weighted by Gasteiger charge is -2.29. The van der Waals surface area contributed by atoms with E-state index in [4.69, 9.17) is 19.5 Å². The third-order valence-electron chi connectivity index (χ3n) is 3.50. The molecule has 1 aromatic carbocycles. The smallest absolute Gasteiger partial charge is 0.162 e. The van der Waals surface area contributed by atoms with Gasteiger partial charge in [0.25, 0.3) is 0 Å². The van der Waals surface area contributed by atoms with Gasteiger partial charge in [0, 0.05) is 19.6 Å². The largest absolute Gasteiger partial charge is 0.493 e. The maximum absolute atomic E-state index is 8.87. The Bertz CT molecular complexity index is 467. The molecule has 0 saturated heterocycles. The third kappa shape index (κ3) is 3.39. The third-order valence-corrected chi connectivity index (χ3v) is 3.50. The number of nitriles is 1. The Morgan fingerprint density at radius 2 is 1.95 bits per heavy atom. The molecular weight excluding hydrogens is 242 g/mol. The highest BCUT2D eigenvalue weighted by Gasteiger charge is 2.24. The van der Waals surface area contributed by atoms with E-state index in [9.17, 15) is 0 Å². The molecule has 1 aliphatic rings. The molecule has 2 atom stereocenters. The van der Waals surface area contributed by atoms with Gasteiger partial charge in [-0.15, -0.1) is 0 Å². The molecule has 0 N–H and O–H groups in total. The van der Waals surface area contributed by atoms with E-state index in [1.54, 1.807) is 32.4 Å². The highest BCUT2D eigenvalue weighted by atomic mass is 16.5. The summed E-state index contributed by atoms with van der Waals surface area (Å²) in [6.45, 7) is 0. The summed E-state index contributed by atoms with van der Waals surface area (Å²) < 4.78 is 16.7. The van der Waals surface area contributed by atoms with Crippen molar-refractivity contribution >= 4 is 0 Å². The van der Waals surface area contributed by atoms with E-state index < -0.39 is 0 Å². The van der Waals surface area contributed by atoms with E-state index in [1.807, 2.05) is 0 Å². The fourth-order valence-corrected chi connectivity index (χ4v) is 2.44. The van der Waals surface area contributed by atoms with Crippen LogP contribution in [-0.4, -0.2) is 26.4 Å². The predicted molar refractivity (Wildman–Crippen MR) is 71.4 cm³/mol. The first kappa shape index (κ1) is 13.7. The fourth-order valence-electron chi connectivity index (χ4n) is 2.44. The second-order valence-corrected chi connectivity index (χ2v) is 4.74. The molecule has 0 spiro atoms. The summed E-state index contributed by atoms with van der Waals surface area (Å²) in [5.41, 5.74) is 0.572. The van der Waals surface area contributed by atoms with Crippen molar-refractivity contribution in [3.8, 4) is 17.6 Å². The van der Waals surface area contributed by atoms with Crippen molar-refractivity contribution in [1.82, 2.24) is 0 Å². The normalized spacial score (nSPS) is 22.6. The quantitative estimate of drug-likeness (QED) is 0.836. The molecule has 0 amide bonds. The van der Waals surface area contributed by atoms with Crippen LogP contribution in [0.4, 0.5) is 0 Å². The van der Waals surface area contributed by atoms with Crippen LogP contribution in [0.2, 0.25) is 0 Å². The molecule has 102 valence electrons. The van der Waals surface area contributed by atoms with Crippen LogP contribution in [0.25, 0.3) is 0 Å². The van der Waals surface area contributed by atoms with Gasteiger partial charge in [0.05, 0.1) is 24.8 Å². The zero-order valence-corrected chi connectivity index (χ0v) is 11.4. The molecule has 4 heteroatoms. The number of methoxy groups -OCH3 is 2. The first-order valence-electron chi connectivity index (χ1n) is 6.54. The molecule has 1 aliphatic carbocycles. The molecule has 0 aromatic heterocycles. The van der Waals surface area contributed by atoms with Gasteiger partial charge in [-0.25, -0.2) is 0 Å². The van der Waals surface area contributed by atoms with Crippen LogP contribution in [0.15, 0.2) is 18.2 Å². The molecule has 0 aliphatic heterocycles. The maximum Gasteiger partial charge on any atom is 0.162 e. The molecule has 4 nitrogen and oxygen atoms in total. The standard InChI is InChI=1S/C15H19NO3/c1-17-12-4-3-5-13(9-12)19-14-7-6-11(10-16)8-15(14)18-2/h6-8,12-13H,3-5,9H2,1-2H3. The number of benzene rings is 1. The van der Waals surface area contributed by atoms with E-state index in [0.29, 0.717) is 17.1 Å². The molecular formula is C15H19NO3. The van der Waals surface area contributed by atoms with Crippen LogP contribution in [0.1, 0.15) is 31.2 Å². The summed E-state index contributed by atoms with van der Waals surface area (Å²) in [5.74, 6) is 1.31. The van der Waals surface area contributed by atoms with Crippen LogP contribution >= 0.6 is 0 Å². The van der Waals surface area contributed by atoms with Gasteiger partial charge in [-0.2, -0.15) is 5.26 Å². The van der Waals surface area contributed by atoms with E-state index in [-0.39, 0.29) is 12.2 Å². The SMILES string of the molecule is COc1cc(C#N)ccc1OC1CCCC(OC)C1. The first-order chi connectivity index (χ1) is 9.26. The number of hydrogen-bond acceptors (Lipinski definition) is 4. The van der Waals surface area contributed by atoms with Crippen molar-refractivity contribution in [2.45, 2.75) is 37.9 Å². The fraction of sp³-hybridized carbons (Fsp3) is 0.533. The molecule has 1 aromatic rings. The minimum Gasteiger partial charge on any atom is -0.493 e. The molecule has 19 heavy (non-hydrogen) atoms. The minimum absolute atomic E-state index is 0.153. The van der Waals surface area contributed by atoms with Gasteiger partial charge in [0.2, 0.25) is 0 Å². The van der Waals surface area contributed by atoms with Crippen molar-refractivity contribution < 1.29 is 14.2 Å². The van der Waals surface area contributed by atoms with Crippen molar-refractivity contribution in [2.24, 2.45) is 0 Å². The number of nitrogens with zero attached hydrogens (tertiary/aromatic N) is 1. The monoisotopic (exact) mass is 261 g/mol. The summed E-state index contributed by atoms with van der Waals surface area (Å²) in [5, 5.41) is 8.87. The highest BCUT2D eigenvalue weighted by Crippen LogP contribution is 2.32. The molecule has 0 heterocycles. The lowest BCUT2D eigenvalue weighted by molar-refractivity contribution is 0.0202. The van der Waals surface area contributed by atoms with Crippen molar-refractivity contribution in [3.63, 3.8) is 0 Å². The van der Waals surface area contributed by atoms with E-state index in [2.05, 4.69) is 6.07 Å². The maximum atomic E-state index is 8.87. The van der Waals surface area contributed by atoms with E-state index in [1.165, 1.54) is 0 Å². The average molecular weight is 261 g/mol.